The quantitative estimate of drug-likeness (QED) is 0.295. The Labute approximate surface area is 169 Å². The van der Waals surface area contributed by atoms with Crippen molar-refractivity contribution < 1.29 is 4.42 Å². The molecule has 0 saturated heterocycles. The summed E-state index contributed by atoms with van der Waals surface area (Å²) < 4.78 is 10.9. The minimum Gasteiger partial charge on any atom is -0.423 e. The van der Waals surface area contributed by atoms with E-state index in [0.29, 0.717) is 6.01 Å². The van der Waals surface area contributed by atoms with Gasteiger partial charge in [-0.3, -0.25) is 4.57 Å². The van der Waals surface area contributed by atoms with Crippen LogP contribution in [0.5, 0.6) is 0 Å². The van der Waals surface area contributed by atoms with Crippen LogP contribution in [0.4, 0.5) is 0 Å². The van der Waals surface area contributed by atoms with Crippen LogP contribution >= 0.6 is 11.3 Å². The predicted octanol–water partition coefficient (Wildman–Crippen LogP) is 7.29. The fourth-order valence-electron chi connectivity index (χ4n) is 4.35. The number of nitrogens with zero attached hydrogens (tertiary/aromatic N) is 2. The number of aromatic nitrogens is 2. The molecule has 3 heterocycles. The molecule has 3 nitrogen and oxygen atoms in total. The third-order valence-corrected chi connectivity index (χ3v) is 6.78. The second-order valence-electron chi connectivity index (χ2n) is 7.28. The summed E-state index contributed by atoms with van der Waals surface area (Å²) in [5.74, 6) is 0. The largest absolute Gasteiger partial charge is 0.423 e. The molecular formula is C25H14N2OS. The Morgan fingerprint density at radius 1 is 0.655 bits per heavy atom. The van der Waals surface area contributed by atoms with E-state index in [1.54, 1.807) is 0 Å². The summed E-state index contributed by atoms with van der Waals surface area (Å²) >= 11 is 1.85. The first-order valence-electron chi connectivity index (χ1n) is 9.57. The molecule has 0 N–H and O–H groups in total. The molecule has 7 rings (SSSR count). The number of rotatable bonds is 1. The van der Waals surface area contributed by atoms with Gasteiger partial charge in [0.05, 0.1) is 11.0 Å². The molecule has 3 aromatic heterocycles. The molecule has 4 aromatic carbocycles. The van der Waals surface area contributed by atoms with Crippen LogP contribution in [-0.4, -0.2) is 9.55 Å². The summed E-state index contributed by atoms with van der Waals surface area (Å²) in [7, 11) is 0. The molecule has 0 aliphatic heterocycles. The molecule has 0 aliphatic carbocycles. The van der Waals surface area contributed by atoms with Crippen molar-refractivity contribution >= 4 is 64.4 Å². The average molecular weight is 390 g/mol. The molecule has 0 fully saturated rings. The highest BCUT2D eigenvalue weighted by atomic mass is 32.1. The SMILES string of the molecule is c1ccc2oc(-n3c4ccccc4c4cc5sc6ccccc6c5cc43)nc2c1. The van der Waals surface area contributed by atoms with Crippen LogP contribution in [-0.2, 0) is 0 Å². The van der Waals surface area contributed by atoms with Gasteiger partial charge in [0.1, 0.15) is 5.52 Å². The fraction of sp³-hybridized carbons (Fsp3) is 0. The van der Waals surface area contributed by atoms with E-state index < -0.39 is 0 Å². The molecule has 0 bridgehead atoms. The third-order valence-electron chi connectivity index (χ3n) is 5.64. The maximum Gasteiger partial charge on any atom is 0.307 e. The van der Waals surface area contributed by atoms with E-state index in [9.17, 15) is 0 Å². The zero-order valence-corrected chi connectivity index (χ0v) is 16.1. The summed E-state index contributed by atoms with van der Waals surface area (Å²) in [5.41, 5.74) is 3.90. The van der Waals surface area contributed by atoms with Crippen molar-refractivity contribution in [3.05, 3.63) is 84.9 Å². The van der Waals surface area contributed by atoms with Gasteiger partial charge in [0, 0.05) is 30.9 Å². The van der Waals surface area contributed by atoms with Crippen molar-refractivity contribution in [2.75, 3.05) is 0 Å². The van der Waals surface area contributed by atoms with Crippen LogP contribution in [0.1, 0.15) is 0 Å². The molecule has 29 heavy (non-hydrogen) atoms. The molecule has 0 aliphatic rings. The van der Waals surface area contributed by atoms with Gasteiger partial charge in [0.25, 0.3) is 0 Å². The maximum atomic E-state index is 6.16. The topological polar surface area (TPSA) is 31.0 Å². The monoisotopic (exact) mass is 390 g/mol. The van der Waals surface area contributed by atoms with Crippen LogP contribution in [0.3, 0.4) is 0 Å². The first-order chi connectivity index (χ1) is 14.4. The van der Waals surface area contributed by atoms with Gasteiger partial charge in [-0.15, -0.1) is 11.3 Å². The second kappa shape index (κ2) is 5.46. The van der Waals surface area contributed by atoms with E-state index >= 15 is 0 Å². The molecule has 0 spiro atoms. The first-order valence-corrected chi connectivity index (χ1v) is 10.4. The van der Waals surface area contributed by atoms with Crippen molar-refractivity contribution in [1.82, 2.24) is 9.55 Å². The van der Waals surface area contributed by atoms with E-state index in [0.717, 1.165) is 22.1 Å². The Bertz CT molecular complexity index is 1680. The van der Waals surface area contributed by atoms with E-state index in [1.165, 1.54) is 30.9 Å². The van der Waals surface area contributed by atoms with Crippen LogP contribution in [0.15, 0.2) is 89.3 Å². The maximum absolute atomic E-state index is 6.16. The average Bonchev–Trinajstić information content (AvgIpc) is 3.43. The van der Waals surface area contributed by atoms with Crippen molar-refractivity contribution in [2.24, 2.45) is 0 Å². The zero-order chi connectivity index (χ0) is 18.9. The second-order valence-corrected chi connectivity index (χ2v) is 8.36. The van der Waals surface area contributed by atoms with Crippen molar-refractivity contribution in [2.45, 2.75) is 0 Å². The molecule has 0 amide bonds. The van der Waals surface area contributed by atoms with Gasteiger partial charge in [-0.05, 0) is 36.4 Å². The molecular weight excluding hydrogens is 376 g/mol. The number of hydrogen-bond donors (Lipinski definition) is 0. The van der Waals surface area contributed by atoms with Gasteiger partial charge in [-0.25, -0.2) is 0 Å². The van der Waals surface area contributed by atoms with Gasteiger partial charge in [-0.1, -0.05) is 48.5 Å². The van der Waals surface area contributed by atoms with Gasteiger partial charge >= 0.3 is 6.01 Å². The smallest absolute Gasteiger partial charge is 0.307 e. The molecule has 0 unspecified atom stereocenters. The molecule has 4 heteroatoms. The molecule has 0 atom stereocenters. The minimum atomic E-state index is 0.608. The number of oxazole rings is 1. The predicted molar refractivity (Wildman–Crippen MR) is 121 cm³/mol. The Hall–Kier alpha value is -3.63. The van der Waals surface area contributed by atoms with Gasteiger partial charge < -0.3 is 4.42 Å². The third kappa shape index (κ3) is 2.04. The number of benzene rings is 4. The lowest BCUT2D eigenvalue weighted by atomic mass is 10.1. The highest BCUT2D eigenvalue weighted by Crippen LogP contribution is 2.40. The summed E-state index contributed by atoms with van der Waals surface area (Å²) in [6.45, 7) is 0. The fourth-order valence-corrected chi connectivity index (χ4v) is 5.48. The molecule has 0 saturated carbocycles. The lowest BCUT2D eigenvalue weighted by molar-refractivity contribution is 0.574. The number of para-hydroxylation sites is 3. The Morgan fingerprint density at radius 2 is 1.45 bits per heavy atom. The lowest BCUT2D eigenvalue weighted by Gasteiger charge is -2.02. The zero-order valence-electron chi connectivity index (χ0n) is 15.3. The molecule has 0 radical (unpaired) electrons. The summed E-state index contributed by atoms with van der Waals surface area (Å²) in [6.07, 6.45) is 0. The first kappa shape index (κ1) is 15.3. The minimum absolute atomic E-state index is 0.608. The van der Waals surface area contributed by atoms with Gasteiger partial charge in [-0.2, -0.15) is 4.98 Å². The molecule has 136 valence electrons. The number of thiophene rings is 1. The highest BCUT2D eigenvalue weighted by Gasteiger charge is 2.18. The van der Waals surface area contributed by atoms with Crippen LogP contribution in [0.25, 0.3) is 59.1 Å². The van der Waals surface area contributed by atoms with Gasteiger partial charge in [0.2, 0.25) is 0 Å². The van der Waals surface area contributed by atoms with E-state index in [-0.39, 0.29) is 0 Å². The Kier molecular flexibility index (Phi) is 2.88. The standard InChI is InChI=1S/C25H14N2OS/c1-4-10-20-15(7-1)17-14-24-18(16-8-2-6-12-23(16)29-24)13-21(17)27(20)25-26-19-9-3-5-11-22(19)28-25/h1-14H. The van der Waals surface area contributed by atoms with Crippen LogP contribution < -0.4 is 0 Å². The highest BCUT2D eigenvalue weighted by molar-refractivity contribution is 7.25. The lowest BCUT2D eigenvalue weighted by Crippen LogP contribution is -1.93. The van der Waals surface area contributed by atoms with Crippen molar-refractivity contribution in [1.29, 1.82) is 0 Å². The van der Waals surface area contributed by atoms with Crippen molar-refractivity contribution in [3.63, 3.8) is 0 Å². The summed E-state index contributed by atoms with van der Waals surface area (Å²) in [6, 6.07) is 30.2. The van der Waals surface area contributed by atoms with Crippen LogP contribution in [0.2, 0.25) is 0 Å². The van der Waals surface area contributed by atoms with E-state index in [4.69, 9.17) is 9.40 Å². The number of hydrogen-bond acceptors (Lipinski definition) is 3. The van der Waals surface area contributed by atoms with Crippen LogP contribution in [0, 0.1) is 0 Å². The number of fused-ring (bicyclic) bond motifs is 7. The van der Waals surface area contributed by atoms with E-state index in [1.807, 2.05) is 35.6 Å². The molecule has 7 aromatic rings. The Balaban J connectivity index is 1.68. The van der Waals surface area contributed by atoms with Crippen molar-refractivity contribution in [3.8, 4) is 6.01 Å². The van der Waals surface area contributed by atoms with Gasteiger partial charge in [0.15, 0.2) is 5.58 Å². The normalized spacial score (nSPS) is 12.1. The Morgan fingerprint density at radius 3 is 2.38 bits per heavy atom. The van der Waals surface area contributed by atoms with E-state index in [2.05, 4.69) is 65.2 Å². The summed E-state index contributed by atoms with van der Waals surface area (Å²) in [5, 5.41) is 5.01. The summed E-state index contributed by atoms with van der Waals surface area (Å²) in [4.78, 5) is 4.78.